The lowest BCUT2D eigenvalue weighted by Crippen LogP contribution is -2.52. The summed E-state index contributed by atoms with van der Waals surface area (Å²) < 4.78 is 0. The largest absolute Gasteiger partial charge is 0.339 e. The molecule has 2 aromatic heterocycles. The van der Waals surface area contributed by atoms with Gasteiger partial charge in [-0.05, 0) is 36.4 Å². The summed E-state index contributed by atoms with van der Waals surface area (Å²) in [6.45, 7) is 2.03. The minimum atomic E-state index is -0.400. The van der Waals surface area contributed by atoms with Gasteiger partial charge in [-0.1, -0.05) is 17.7 Å². The molecule has 9 nitrogen and oxygen atoms in total. The van der Waals surface area contributed by atoms with E-state index >= 15 is 0 Å². The first-order valence-electron chi connectivity index (χ1n) is 11.1. The minimum absolute atomic E-state index is 0.0506. The fraction of sp³-hybridized carbons (Fsp3) is 0.292. The molecule has 0 aliphatic carbocycles. The van der Waals surface area contributed by atoms with Crippen molar-refractivity contribution in [2.75, 3.05) is 37.6 Å². The number of amides is 3. The molecule has 1 unspecified atom stereocenters. The average molecular weight is 479 g/mol. The molecule has 3 aromatic rings. The zero-order chi connectivity index (χ0) is 23.7. The second-order valence-electron chi connectivity index (χ2n) is 8.41. The maximum Gasteiger partial charge on any atom is 0.272 e. The van der Waals surface area contributed by atoms with E-state index in [0.29, 0.717) is 54.8 Å². The zero-order valence-corrected chi connectivity index (χ0v) is 19.1. The number of nitrogens with one attached hydrogen (secondary N) is 1. The van der Waals surface area contributed by atoms with Crippen LogP contribution in [0, 0.1) is 5.92 Å². The van der Waals surface area contributed by atoms with Crippen LogP contribution in [-0.4, -0.2) is 75.4 Å². The number of halogens is 1. The van der Waals surface area contributed by atoms with E-state index in [2.05, 4.69) is 15.2 Å². The van der Waals surface area contributed by atoms with Gasteiger partial charge in [0.25, 0.3) is 5.91 Å². The SMILES string of the molecule is O=C(c1cc(-c2cccnc2)n[nH]1)N1CCN(C(=O)C2CC(=O)N(c3cccc(Cl)c3)C2)CC1. The Kier molecular flexibility index (Phi) is 6.02. The lowest BCUT2D eigenvalue weighted by molar-refractivity contribution is -0.137. The van der Waals surface area contributed by atoms with Crippen molar-refractivity contribution in [1.29, 1.82) is 0 Å². The Morgan fingerprint density at radius 2 is 1.82 bits per heavy atom. The van der Waals surface area contributed by atoms with E-state index in [1.54, 1.807) is 51.4 Å². The number of carbonyl (C=O) groups excluding carboxylic acids is 3. The summed E-state index contributed by atoms with van der Waals surface area (Å²) in [5, 5.41) is 7.57. The number of hydrogen-bond acceptors (Lipinski definition) is 5. The van der Waals surface area contributed by atoms with Gasteiger partial charge in [-0.2, -0.15) is 5.10 Å². The van der Waals surface area contributed by atoms with E-state index in [-0.39, 0.29) is 24.1 Å². The molecule has 2 fully saturated rings. The normalized spacial score (nSPS) is 18.4. The lowest BCUT2D eigenvalue weighted by atomic mass is 10.1. The smallest absolute Gasteiger partial charge is 0.272 e. The first-order valence-corrected chi connectivity index (χ1v) is 11.5. The van der Waals surface area contributed by atoms with Crippen LogP contribution in [0.1, 0.15) is 16.9 Å². The highest BCUT2D eigenvalue weighted by Crippen LogP contribution is 2.28. The van der Waals surface area contributed by atoms with Crippen LogP contribution in [0.2, 0.25) is 5.02 Å². The van der Waals surface area contributed by atoms with Crippen molar-refractivity contribution in [2.45, 2.75) is 6.42 Å². The maximum atomic E-state index is 13.1. The van der Waals surface area contributed by atoms with Crippen LogP contribution < -0.4 is 4.90 Å². The van der Waals surface area contributed by atoms with Crippen molar-refractivity contribution in [3.05, 3.63) is 65.6 Å². The van der Waals surface area contributed by atoms with E-state index in [4.69, 9.17) is 11.6 Å². The van der Waals surface area contributed by atoms with Gasteiger partial charge in [0, 0.05) is 67.8 Å². The van der Waals surface area contributed by atoms with Crippen LogP contribution in [0.4, 0.5) is 5.69 Å². The number of anilines is 1. The highest BCUT2D eigenvalue weighted by Gasteiger charge is 2.38. The quantitative estimate of drug-likeness (QED) is 0.620. The second-order valence-corrected chi connectivity index (χ2v) is 8.85. The number of pyridine rings is 1. The van der Waals surface area contributed by atoms with Gasteiger partial charge in [-0.3, -0.25) is 24.5 Å². The molecule has 3 amide bonds. The number of hydrogen-bond donors (Lipinski definition) is 1. The van der Waals surface area contributed by atoms with Crippen molar-refractivity contribution in [2.24, 2.45) is 5.92 Å². The monoisotopic (exact) mass is 478 g/mol. The molecule has 0 spiro atoms. The number of benzene rings is 1. The fourth-order valence-electron chi connectivity index (χ4n) is 4.42. The summed E-state index contributed by atoms with van der Waals surface area (Å²) in [5.41, 5.74) is 2.58. The number of H-pyrrole nitrogens is 1. The molecular formula is C24H23ClN6O3. The highest BCUT2D eigenvalue weighted by atomic mass is 35.5. The van der Waals surface area contributed by atoms with E-state index in [9.17, 15) is 14.4 Å². The van der Waals surface area contributed by atoms with Crippen molar-refractivity contribution in [3.8, 4) is 11.3 Å². The third-order valence-electron chi connectivity index (χ3n) is 6.24. The third kappa shape index (κ3) is 4.38. The number of nitrogens with zero attached hydrogens (tertiary/aromatic N) is 5. The van der Waals surface area contributed by atoms with Crippen LogP contribution in [0.15, 0.2) is 54.9 Å². The number of rotatable bonds is 4. The molecule has 174 valence electrons. The second kappa shape index (κ2) is 9.26. The van der Waals surface area contributed by atoms with Crippen molar-refractivity contribution in [1.82, 2.24) is 25.0 Å². The van der Waals surface area contributed by atoms with Gasteiger partial charge < -0.3 is 14.7 Å². The summed E-state index contributed by atoms with van der Waals surface area (Å²) in [6, 6.07) is 12.5. The maximum absolute atomic E-state index is 13.1. The fourth-order valence-corrected chi connectivity index (χ4v) is 4.60. The van der Waals surface area contributed by atoms with Gasteiger partial charge in [0.1, 0.15) is 5.69 Å². The number of aromatic nitrogens is 3. The summed E-state index contributed by atoms with van der Waals surface area (Å²) in [6.07, 6.45) is 3.55. The average Bonchev–Trinajstić information content (AvgIpc) is 3.51. The molecule has 4 heterocycles. The molecule has 0 saturated carbocycles. The number of aromatic amines is 1. The predicted molar refractivity (Wildman–Crippen MR) is 126 cm³/mol. The summed E-state index contributed by atoms with van der Waals surface area (Å²) in [7, 11) is 0. The van der Waals surface area contributed by atoms with Crippen molar-refractivity contribution >= 4 is 35.0 Å². The molecule has 1 N–H and O–H groups in total. The Morgan fingerprint density at radius 3 is 2.56 bits per heavy atom. The van der Waals surface area contributed by atoms with Crippen molar-refractivity contribution < 1.29 is 14.4 Å². The van der Waals surface area contributed by atoms with E-state index in [1.807, 2.05) is 18.2 Å². The van der Waals surface area contributed by atoms with Gasteiger partial charge >= 0.3 is 0 Å². The molecule has 2 aliphatic rings. The van der Waals surface area contributed by atoms with Crippen molar-refractivity contribution in [3.63, 3.8) is 0 Å². The molecular weight excluding hydrogens is 456 g/mol. The Hall–Kier alpha value is -3.72. The first-order chi connectivity index (χ1) is 16.5. The van der Waals surface area contributed by atoms with Crippen LogP contribution in [-0.2, 0) is 9.59 Å². The summed E-state index contributed by atoms with van der Waals surface area (Å²) in [4.78, 5) is 47.7. The van der Waals surface area contributed by atoms with Gasteiger partial charge in [0.2, 0.25) is 11.8 Å². The van der Waals surface area contributed by atoms with Crippen LogP contribution in [0.3, 0.4) is 0 Å². The molecule has 34 heavy (non-hydrogen) atoms. The van der Waals surface area contributed by atoms with Crippen LogP contribution in [0.5, 0.6) is 0 Å². The predicted octanol–water partition coefficient (Wildman–Crippen LogP) is 2.46. The molecule has 1 aromatic carbocycles. The number of piperazine rings is 1. The molecule has 10 heteroatoms. The Labute approximate surface area is 201 Å². The number of carbonyl (C=O) groups is 3. The van der Waals surface area contributed by atoms with Crippen LogP contribution in [0.25, 0.3) is 11.3 Å². The van der Waals surface area contributed by atoms with Crippen LogP contribution >= 0.6 is 11.6 Å². The van der Waals surface area contributed by atoms with Gasteiger partial charge in [-0.15, -0.1) is 0 Å². The van der Waals surface area contributed by atoms with Gasteiger partial charge in [0.05, 0.1) is 11.6 Å². The summed E-state index contributed by atoms with van der Waals surface area (Å²) in [5.74, 6) is -0.690. The third-order valence-corrected chi connectivity index (χ3v) is 6.47. The molecule has 0 radical (unpaired) electrons. The Bertz CT molecular complexity index is 1220. The molecule has 1 atom stereocenters. The first kappa shape index (κ1) is 22.1. The topological polar surface area (TPSA) is 102 Å². The van der Waals surface area contributed by atoms with E-state index < -0.39 is 5.92 Å². The Morgan fingerprint density at radius 1 is 1.03 bits per heavy atom. The van der Waals surface area contributed by atoms with Gasteiger partial charge in [-0.25, -0.2) is 0 Å². The molecule has 2 aliphatic heterocycles. The Balaban J connectivity index is 1.18. The zero-order valence-electron chi connectivity index (χ0n) is 18.4. The molecule has 0 bridgehead atoms. The minimum Gasteiger partial charge on any atom is -0.339 e. The summed E-state index contributed by atoms with van der Waals surface area (Å²) >= 11 is 6.05. The molecule has 2 saturated heterocycles. The van der Waals surface area contributed by atoms with E-state index in [1.165, 1.54) is 0 Å². The van der Waals surface area contributed by atoms with Gasteiger partial charge in [0.15, 0.2) is 0 Å². The standard InChI is InChI=1S/C24H23ClN6O3/c25-18-4-1-5-19(12-18)31-15-17(11-22(31)32)23(33)29-7-9-30(10-8-29)24(34)21-13-20(27-28-21)16-3-2-6-26-14-16/h1-6,12-14,17H,7-11,15H2,(H,27,28). The molecule has 5 rings (SSSR count). The van der Waals surface area contributed by atoms with E-state index in [0.717, 1.165) is 5.56 Å². The highest BCUT2D eigenvalue weighted by molar-refractivity contribution is 6.31. The lowest BCUT2D eigenvalue weighted by Gasteiger charge is -2.35.